The number of hydrogen-bond donors (Lipinski definition) is 7. The first-order valence-electron chi connectivity index (χ1n) is 11.6. The molecule has 2 saturated heterocycles. The van der Waals surface area contributed by atoms with E-state index < -0.39 is 86.3 Å². The summed E-state index contributed by atoms with van der Waals surface area (Å²) in [6, 6.07) is 6.73. The smallest absolute Gasteiger partial charge is 0.217 e. The number of hydrogen-bond acceptors (Lipinski definition) is 11. The van der Waals surface area contributed by atoms with Crippen LogP contribution in [0.3, 0.4) is 0 Å². The predicted octanol–water partition coefficient (Wildman–Crippen LogP) is -2.89. The van der Waals surface area contributed by atoms with E-state index >= 15 is 0 Å². The number of rotatable bonds is 9. The number of aliphatic hydroxyl groups excluding tert-OH is 5. The second-order valence-corrected chi connectivity index (χ2v) is 8.77. The van der Waals surface area contributed by atoms with Gasteiger partial charge in [0.05, 0.1) is 19.8 Å². The molecule has 2 aliphatic heterocycles. The molecule has 0 aliphatic carbocycles. The van der Waals surface area contributed by atoms with Gasteiger partial charge in [-0.1, -0.05) is 30.3 Å². The van der Waals surface area contributed by atoms with Crippen molar-refractivity contribution in [1.82, 2.24) is 10.6 Å². The lowest BCUT2D eigenvalue weighted by atomic mass is 9.94. The number of carbonyl (C=O) groups is 2. The molecule has 36 heavy (non-hydrogen) atoms. The van der Waals surface area contributed by atoms with Gasteiger partial charge in [0.25, 0.3) is 0 Å². The van der Waals surface area contributed by atoms with Crippen molar-refractivity contribution in [3.05, 3.63) is 35.9 Å². The van der Waals surface area contributed by atoms with Gasteiger partial charge in [-0.2, -0.15) is 0 Å². The number of nitrogens with one attached hydrogen (secondary N) is 2. The van der Waals surface area contributed by atoms with Gasteiger partial charge in [0.1, 0.15) is 48.7 Å². The Morgan fingerprint density at radius 1 is 0.833 bits per heavy atom. The summed E-state index contributed by atoms with van der Waals surface area (Å²) >= 11 is 0. The highest BCUT2D eigenvalue weighted by Gasteiger charge is 2.51. The van der Waals surface area contributed by atoms with Crippen molar-refractivity contribution >= 4 is 11.8 Å². The highest BCUT2D eigenvalue weighted by Crippen LogP contribution is 2.30. The molecule has 0 radical (unpaired) electrons. The van der Waals surface area contributed by atoms with Gasteiger partial charge in [-0.25, -0.2) is 0 Å². The molecule has 13 heteroatoms. The van der Waals surface area contributed by atoms with Crippen molar-refractivity contribution in [2.24, 2.45) is 0 Å². The molecule has 202 valence electrons. The highest BCUT2D eigenvalue weighted by molar-refractivity contribution is 5.73. The maximum atomic E-state index is 11.9. The molecule has 0 spiro atoms. The first-order chi connectivity index (χ1) is 17.2. The summed E-state index contributed by atoms with van der Waals surface area (Å²) in [5.41, 5.74) is 0.812. The van der Waals surface area contributed by atoms with Crippen LogP contribution in [0, 0.1) is 0 Å². The molecule has 0 aromatic heterocycles. The van der Waals surface area contributed by atoms with Gasteiger partial charge in [0, 0.05) is 13.8 Å². The molecular formula is C23H34N2O11. The predicted molar refractivity (Wildman–Crippen MR) is 121 cm³/mol. The van der Waals surface area contributed by atoms with Crippen molar-refractivity contribution in [1.29, 1.82) is 0 Å². The van der Waals surface area contributed by atoms with E-state index in [1.807, 2.05) is 30.3 Å². The van der Waals surface area contributed by atoms with Crippen LogP contribution in [0.1, 0.15) is 19.4 Å². The third-order valence-corrected chi connectivity index (χ3v) is 6.02. The zero-order valence-electron chi connectivity index (χ0n) is 20.0. The van der Waals surface area contributed by atoms with E-state index in [0.29, 0.717) is 0 Å². The summed E-state index contributed by atoms with van der Waals surface area (Å²) in [4.78, 5) is 23.6. The van der Waals surface area contributed by atoms with Crippen LogP contribution in [-0.2, 0) is 35.1 Å². The zero-order valence-corrected chi connectivity index (χ0v) is 20.0. The van der Waals surface area contributed by atoms with Crippen LogP contribution in [0.15, 0.2) is 30.3 Å². The standard InChI is InChI=1S/C23H34N2O11/c1-11(28)24-16-19(31)18(30)14(8-26)34-23(16)36-21-15(9-27)35-22(17(20(21)32)25-12(2)29)33-10-13-6-4-3-5-7-13/h3-7,14-23,26-27,30-32H,8-10H2,1-2H3,(H,24,28)(H,25,29)/t14?,15?,16-,17-,18+,19+,20+,21+,22+,23-/m0/s1. The summed E-state index contributed by atoms with van der Waals surface area (Å²) in [5, 5.41) is 56.4. The molecule has 0 bridgehead atoms. The Morgan fingerprint density at radius 3 is 1.94 bits per heavy atom. The van der Waals surface area contributed by atoms with Gasteiger partial charge in [-0.05, 0) is 5.56 Å². The van der Waals surface area contributed by atoms with E-state index in [1.54, 1.807) is 0 Å². The minimum atomic E-state index is -1.58. The fourth-order valence-corrected chi connectivity index (χ4v) is 4.26. The van der Waals surface area contributed by atoms with Gasteiger partial charge >= 0.3 is 0 Å². The van der Waals surface area contributed by atoms with Crippen LogP contribution in [0.25, 0.3) is 0 Å². The topological polar surface area (TPSA) is 196 Å². The van der Waals surface area contributed by atoms with Gasteiger partial charge in [0.2, 0.25) is 11.8 Å². The maximum absolute atomic E-state index is 11.9. The zero-order chi connectivity index (χ0) is 26.4. The van der Waals surface area contributed by atoms with E-state index in [0.717, 1.165) is 5.56 Å². The minimum Gasteiger partial charge on any atom is -0.394 e. The van der Waals surface area contributed by atoms with Crippen LogP contribution in [-0.4, -0.2) is 112 Å². The molecule has 2 heterocycles. The Morgan fingerprint density at radius 2 is 1.39 bits per heavy atom. The van der Waals surface area contributed by atoms with Crippen molar-refractivity contribution < 1.29 is 54.1 Å². The number of aliphatic hydroxyl groups is 5. The Hall–Kier alpha value is -2.20. The number of amides is 2. The molecule has 7 N–H and O–H groups in total. The first-order valence-corrected chi connectivity index (χ1v) is 11.6. The molecule has 2 amide bonds. The fraction of sp³-hybridized carbons (Fsp3) is 0.652. The monoisotopic (exact) mass is 514 g/mol. The fourth-order valence-electron chi connectivity index (χ4n) is 4.26. The van der Waals surface area contributed by atoms with Crippen LogP contribution in [0.2, 0.25) is 0 Å². The molecule has 2 unspecified atom stereocenters. The normalized spacial score (nSPS) is 36.8. The number of carbonyl (C=O) groups excluding carboxylic acids is 2. The Balaban J connectivity index is 1.82. The summed E-state index contributed by atoms with van der Waals surface area (Å²) in [6.45, 7) is 1.24. The van der Waals surface area contributed by atoms with Crippen molar-refractivity contribution in [2.75, 3.05) is 13.2 Å². The number of ether oxygens (including phenoxy) is 4. The number of benzene rings is 1. The van der Waals surface area contributed by atoms with Crippen molar-refractivity contribution in [2.45, 2.75) is 81.7 Å². The van der Waals surface area contributed by atoms with E-state index in [9.17, 15) is 35.1 Å². The average molecular weight is 515 g/mol. The van der Waals surface area contributed by atoms with Crippen LogP contribution in [0.5, 0.6) is 0 Å². The molecule has 1 aromatic rings. The third-order valence-electron chi connectivity index (χ3n) is 6.02. The molecule has 13 nitrogen and oxygen atoms in total. The molecule has 2 aliphatic rings. The summed E-state index contributed by atoms with van der Waals surface area (Å²) < 4.78 is 23.1. The molecular weight excluding hydrogens is 480 g/mol. The first kappa shape index (κ1) is 28.4. The van der Waals surface area contributed by atoms with Crippen molar-refractivity contribution in [3.8, 4) is 0 Å². The Kier molecular flexibility index (Phi) is 10.1. The quantitative estimate of drug-likeness (QED) is 0.179. The lowest BCUT2D eigenvalue weighted by Crippen LogP contribution is -2.69. The highest BCUT2D eigenvalue weighted by atomic mass is 16.7. The van der Waals surface area contributed by atoms with Crippen molar-refractivity contribution in [3.63, 3.8) is 0 Å². The van der Waals surface area contributed by atoms with Crippen LogP contribution >= 0.6 is 0 Å². The second kappa shape index (κ2) is 12.9. The van der Waals surface area contributed by atoms with E-state index in [2.05, 4.69) is 10.6 Å². The summed E-state index contributed by atoms with van der Waals surface area (Å²) in [5.74, 6) is -1.04. The van der Waals surface area contributed by atoms with E-state index in [4.69, 9.17) is 18.9 Å². The lowest BCUT2D eigenvalue weighted by Gasteiger charge is -2.48. The molecule has 2 fully saturated rings. The lowest BCUT2D eigenvalue weighted by molar-refractivity contribution is -0.333. The van der Waals surface area contributed by atoms with Gasteiger partial charge in [-0.15, -0.1) is 0 Å². The second-order valence-electron chi connectivity index (χ2n) is 8.77. The van der Waals surface area contributed by atoms with Crippen LogP contribution < -0.4 is 10.6 Å². The Bertz CT molecular complexity index is 860. The molecule has 3 rings (SSSR count). The summed E-state index contributed by atoms with van der Waals surface area (Å²) in [6.07, 6.45) is -11.0. The Labute approximate surface area is 207 Å². The average Bonchev–Trinajstić information content (AvgIpc) is 2.85. The third kappa shape index (κ3) is 6.76. The minimum absolute atomic E-state index is 0.0938. The maximum Gasteiger partial charge on any atom is 0.217 e. The van der Waals surface area contributed by atoms with Gasteiger partial charge in [0.15, 0.2) is 12.6 Å². The molecule has 0 saturated carbocycles. The molecule has 1 aromatic carbocycles. The summed E-state index contributed by atoms with van der Waals surface area (Å²) in [7, 11) is 0. The molecule has 10 atom stereocenters. The van der Waals surface area contributed by atoms with Gasteiger partial charge < -0.3 is 55.1 Å². The SMILES string of the molecule is CC(=O)N[C@@H]1[C@H](O[C@@H]2C(CO)O[C@@H](OCc3ccccc3)[C@@H](NC(C)=O)[C@H]2O)OC(CO)[C@@H](O)[C@@H]1O. The largest absolute Gasteiger partial charge is 0.394 e. The van der Waals surface area contributed by atoms with E-state index in [-0.39, 0.29) is 6.61 Å². The van der Waals surface area contributed by atoms with Crippen LogP contribution in [0.4, 0.5) is 0 Å². The van der Waals surface area contributed by atoms with Gasteiger partial charge in [-0.3, -0.25) is 9.59 Å². The van der Waals surface area contributed by atoms with E-state index in [1.165, 1.54) is 13.8 Å².